The molecular formula is C26H22N6O2. The van der Waals surface area contributed by atoms with Crippen molar-refractivity contribution in [1.82, 2.24) is 20.2 Å². The third-order valence-electron chi connectivity index (χ3n) is 5.58. The van der Waals surface area contributed by atoms with E-state index in [1.54, 1.807) is 30.5 Å². The second-order valence-electron chi connectivity index (χ2n) is 7.80. The molecule has 0 aliphatic carbocycles. The first-order chi connectivity index (χ1) is 16.6. The first-order valence-corrected chi connectivity index (χ1v) is 10.7. The molecule has 2 amide bonds. The van der Waals surface area contributed by atoms with Crippen LogP contribution in [0.25, 0.3) is 22.3 Å². The third kappa shape index (κ3) is 4.29. The van der Waals surface area contributed by atoms with Gasteiger partial charge in [0.05, 0.1) is 17.3 Å². The highest BCUT2D eigenvalue weighted by molar-refractivity contribution is 6.00. The molecule has 8 nitrogen and oxygen atoms in total. The third-order valence-corrected chi connectivity index (χ3v) is 5.58. The largest absolute Gasteiger partial charge is 0.457 e. The van der Waals surface area contributed by atoms with Crippen molar-refractivity contribution in [2.45, 2.75) is 13.8 Å². The maximum atomic E-state index is 12.4. The van der Waals surface area contributed by atoms with E-state index in [9.17, 15) is 4.79 Å². The molecule has 2 heterocycles. The van der Waals surface area contributed by atoms with Crippen LogP contribution in [0.1, 0.15) is 11.1 Å². The Morgan fingerprint density at radius 2 is 1.74 bits per heavy atom. The number of amides is 2. The quantitative estimate of drug-likeness (QED) is 0.301. The maximum absolute atomic E-state index is 12.4. The zero-order valence-electron chi connectivity index (χ0n) is 18.7. The van der Waals surface area contributed by atoms with Crippen molar-refractivity contribution in [3.63, 3.8) is 0 Å². The summed E-state index contributed by atoms with van der Waals surface area (Å²) in [5.41, 5.74) is 5.81. The van der Waals surface area contributed by atoms with Crippen LogP contribution < -0.4 is 15.4 Å². The molecule has 3 N–H and O–H groups in total. The summed E-state index contributed by atoms with van der Waals surface area (Å²) in [7, 11) is 0. The molecule has 0 saturated heterocycles. The average molecular weight is 451 g/mol. The highest BCUT2D eigenvalue weighted by atomic mass is 16.5. The van der Waals surface area contributed by atoms with Gasteiger partial charge in [-0.3, -0.25) is 5.10 Å². The van der Waals surface area contributed by atoms with Gasteiger partial charge in [0, 0.05) is 16.9 Å². The van der Waals surface area contributed by atoms with Crippen LogP contribution in [0.3, 0.4) is 0 Å². The zero-order valence-corrected chi connectivity index (χ0v) is 18.7. The summed E-state index contributed by atoms with van der Waals surface area (Å²) in [6.07, 6.45) is 3.20. The van der Waals surface area contributed by atoms with Crippen molar-refractivity contribution in [2.75, 3.05) is 10.6 Å². The van der Waals surface area contributed by atoms with E-state index in [2.05, 4.69) is 30.8 Å². The number of carbonyl (C=O) groups excluding carboxylic acids is 1. The van der Waals surface area contributed by atoms with Crippen LogP contribution in [-0.2, 0) is 0 Å². The van der Waals surface area contributed by atoms with Gasteiger partial charge in [-0.15, -0.1) is 0 Å². The minimum Gasteiger partial charge on any atom is -0.457 e. The number of carbonyl (C=O) groups is 1. The molecule has 0 radical (unpaired) electrons. The second-order valence-corrected chi connectivity index (χ2v) is 7.80. The van der Waals surface area contributed by atoms with Gasteiger partial charge in [0.2, 0.25) is 0 Å². The normalized spacial score (nSPS) is 10.8. The summed E-state index contributed by atoms with van der Waals surface area (Å²) in [6, 6.07) is 20.3. The van der Waals surface area contributed by atoms with Crippen LogP contribution in [0.2, 0.25) is 0 Å². The number of urea groups is 1. The van der Waals surface area contributed by atoms with E-state index in [1.807, 2.05) is 56.3 Å². The molecule has 2 aromatic heterocycles. The Labute approximate surface area is 196 Å². The second kappa shape index (κ2) is 9.03. The summed E-state index contributed by atoms with van der Waals surface area (Å²) in [5.74, 6) is 1.28. The average Bonchev–Trinajstić information content (AvgIpc) is 3.33. The van der Waals surface area contributed by atoms with Gasteiger partial charge in [-0.1, -0.05) is 24.3 Å². The summed E-state index contributed by atoms with van der Waals surface area (Å²) < 4.78 is 6.15. The molecule has 0 unspecified atom stereocenters. The summed E-state index contributed by atoms with van der Waals surface area (Å²) in [5, 5.41) is 13.5. The Bertz CT molecular complexity index is 1480. The fraction of sp³-hybridized carbons (Fsp3) is 0.0769. The van der Waals surface area contributed by atoms with E-state index < -0.39 is 0 Å². The number of nitrogens with zero attached hydrogens (tertiary/aromatic N) is 3. The Morgan fingerprint density at radius 3 is 2.59 bits per heavy atom. The molecule has 3 aromatic carbocycles. The van der Waals surface area contributed by atoms with Gasteiger partial charge in [0.25, 0.3) is 0 Å². The molecule has 0 fully saturated rings. The number of benzene rings is 3. The van der Waals surface area contributed by atoms with Gasteiger partial charge in [-0.05, 0) is 67.4 Å². The van der Waals surface area contributed by atoms with Crippen molar-refractivity contribution >= 4 is 28.4 Å². The molecule has 0 atom stereocenters. The Hall–Kier alpha value is -4.72. The van der Waals surface area contributed by atoms with Crippen molar-refractivity contribution in [3.05, 3.63) is 90.4 Å². The number of aromatic amines is 1. The van der Waals surface area contributed by atoms with Crippen LogP contribution >= 0.6 is 0 Å². The van der Waals surface area contributed by atoms with E-state index in [0.29, 0.717) is 22.8 Å². The van der Waals surface area contributed by atoms with Gasteiger partial charge in [0.15, 0.2) is 5.65 Å². The maximum Gasteiger partial charge on any atom is 0.323 e. The number of nitrogens with one attached hydrogen (secondary N) is 3. The minimum atomic E-state index is -0.305. The Morgan fingerprint density at radius 1 is 0.912 bits per heavy atom. The van der Waals surface area contributed by atoms with Gasteiger partial charge >= 0.3 is 6.03 Å². The number of hydrogen-bond donors (Lipinski definition) is 3. The van der Waals surface area contributed by atoms with E-state index in [0.717, 1.165) is 33.5 Å². The molecule has 5 rings (SSSR count). The molecule has 0 bridgehead atoms. The number of para-hydroxylation sites is 1. The molecule has 5 aromatic rings. The topological polar surface area (TPSA) is 105 Å². The van der Waals surface area contributed by atoms with E-state index in [1.165, 1.54) is 6.33 Å². The molecular weight excluding hydrogens is 428 g/mol. The van der Waals surface area contributed by atoms with Crippen LogP contribution in [0.5, 0.6) is 11.5 Å². The fourth-order valence-corrected chi connectivity index (χ4v) is 3.64. The van der Waals surface area contributed by atoms with Crippen LogP contribution in [0, 0.1) is 13.8 Å². The van der Waals surface area contributed by atoms with Crippen molar-refractivity contribution in [2.24, 2.45) is 0 Å². The summed E-state index contributed by atoms with van der Waals surface area (Å²) >= 11 is 0. The monoisotopic (exact) mass is 450 g/mol. The van der Waals surface area contributed by atoms with Gasteiger partial charge < -0.3 is 15.4 Å². The predicted molar refractivity (Wildman–Crippen MR) is 132 cm³/mol. The molecule has 0 saturated carbocycles. The lowest BCUT2D eigenvalue weighted by Gasteiger charge is -2.13. The number of rotatable bonds is 5. The minimum absolute atomic E-state index is 0.305. The smallest absolute Gasteiger partial charge is 0.323 e. The van der Waals surface area contributed by atoms with Crippen molar-refractivity contribution in [1.29, 1.82) is 0 Å². The highest BCUT2D eigenvalue weighted by Crippen LogP contribution is 2.35. The molecule has 34 heavy (non-hydrogen) atoms. The van der Waals surface area contributed by atoms with Gasteiger partial charge in [0.1, 0.15) is 17.8 Å². The predicted octanol–water partition coefficient (Wildman–Crippen LogP) is 6.07. The lowest BCUT2D eigenvalue weighted by molar-refractivity contribution is 0.262. The number of anilines is 2. The first-order valence-electron chi connectivity index (χ1n) is 10.7. The number of aryl methyl sites for hydroxylation is 1. The molecule has 0 aliphatic rings. The number of hydrogen-bond acceptors (Lipinski definition) is 5. The molecule has 8 heteroatoms. The molecule has 0 aliphatic heterocycles. The van der Waals surface area contributed by atoms with E-state index >= 15 is 0 Å². The van der Waals surface area contributed by atoms with Crippen LogP contribution in [0.15, 0.2) is 79.3 Å². The summed E-state index contributed by atoms with van der Waals surface area (Å²) in [4.78, 5) is 21.1. The Kier molecular flexibility index (Phi) is 5.61. The lowest BCUT2D eigenvalue weighted by Crippen LogP contribution is -2.20. The Balaban J connectivity index is 1.31. The van der Waals surface area contributed by atoms with Crippen molar-refractivity contribution in [3.8, 4) is 22.8 Å². The lowest BCUT2D eigenvalue weighted by atomic mass is 10.1. The standard InChI is InChI=1S/C26H22N6O2/c1-16-6-5-8-22(17(16)2)31-26(33)30-18-10-12-19(13-11-18)34-23-9-4-3-7-20(23)24-21-14-29-32-25(21)28-15-27-24/h3-15H,1-2H3,(H2,30,31,33)(H,27,28,29,32). The van der Waals surface area contributed by atoms with Gasteiger partial charge in [-0.2, -0.15) is 5.10 Å². The zero-order chi connectivity index (χ0) is 23.5. The van der Waals surface area contributed by atoms with Crippen molar-refractivity contribution < 1.29 is 9.53 Å². The van der Waals surface area contributed by atoms with E-state index in [-0.39, 0.29) is 6.03 Å². The molecule has 0 spiro atoms. The number of aromatic nitrogens is 4. The summed E-state index contributed by atoms with van der Waals surface area (Å²) in [6.45, 7) is 3.99. The fourth-order valence-electron chi connectivity index (χ4n) is 3.64. The van der Waals surface area contributed by atoms with Crippen LogP contribution in [-0.4, -0.2) is 26.2 Å². The first kappa shape index (κ1) is 21.1. The van der Waals surface area contributed by atoms with Crippen LogP contribution in [0.4, 0.5) is 16.2 Å². The highest BCUT2D eigenvalue weighted by Gasteiger charge is 2.13. The molecule has 168 valence electrons. The van der Waals surface area contributed by atoms with Gasteiger partial charge in [-0.25, -0.2) is 14.8 Å². The van der Waals surface area contributed by atoms with E-state index in [4.69, 9.17) is 4.74 Å². The number of H-pyrrole nitrogens is 1. The number of fused-ring (bicyclic) bond motifs is 1. The SMILES string of the molecule is Cc1cccc(NC(=O)Nc2ccc(Oc3ccccc3-c3ncnc4[nH]ncc34)cc2)c1C. The number of ether oxygens (including phenoxy) is 1.